The van der Waals surface area contributed by atoms with Crippen LogP contribution in [0.15, 0.2) is 6.20 Å². The monoisotopic (exact) mass is 228 g/mol. The number of fused-ring (bicyclic) bond motifs is 1. The molecule has 0 atom stereocenters. The molecular weight excluding hydrogens is 208 g/mol. The van der Waals surface area contributed by atoms with Gasteiger partial charge in [0.1, 0.15) is 0 Å². The Morgan fingerprint density at radius 1 is 0.824 bits per heavy atom. The second kappa shape index (κ2) is 4.10. The third-order valence-corrected chi connectivity index (χ3v) is 3.78. The predicted molar refractivity (Wildman–Crippen MR) is 72.6 cm³/mol. The number of aryl methyl sites for hydroxylation is 2. The predicted octanol–water partition coefficient (Wildman–Crippen LogP) is 3.99. The van der Waals surface area contributed by atoms with E-state index in [0.29, 0.717) is 5.92 Å². The van der Waals surface area contributed by atoms with Crippen LogP contribution in [0.2, 0.25) is 0 Å². The van der Waals surface area contributed by atoms with E-state index in [4.69, 9.17) is 4.98 Å². The summed E-state index contributed by atoms with van der Waals surface area (Å²) in [7, 11) is 0. The number of rotatable bonds is 1. The largest absolute Gasteiger partial charge is 0.252 e. The molecule has 0 unspecified atom stereocenters. The molecule has 0 bridgehead atoms. The van der Waals surface area contributed by atoms with E-state index in [1.807, 2.05) is 6.20 Å². The van der Waals surface area contributed by atoms with Crippen molar-refractivity contribution in [2.45, 2.75) is 47.5 Å². The van der Waals surface area contributed by atoms with E-state index in [1.165, 1.54) is 22.3 Å². The molecule has 2 rings (SSSR count). The molecule has 1 aromatic heterocycles. The molecule has 0 saturated heterocycles. The number of hydrogen-bond acceptors (Lipinski definition) is 2. The zero-order valence-corrected chi connectivity index (χ0v) is 11.5. The van der Waals surface area contributed by atoms with Crippen LogP contribution in [0.4, 0.5) is 0 Å². The zero-order valence-electron chi connectivity index (χ0n) is 11.5. The Hall–Kier alpha value is -1.44. The Morgan fingerprint density at radius 2 is 1.35 bits per heavy atom. The van der Waals surface area contributed by atoms with Crippen LogP contribution in [0.25, 0.3) is 11.0 Å². The summed E-state index contributed by atoms with van der Waals surface area (Å²) in [5, 5.41) is 0. The highest BCUT2D eigenvalue weighted by Crippen LogP contribution is 2.27. The van der Waals surface area contributed by atoms with Gasteiger partial charge in [-0.25, -0.2) is 4.98 Å². The first-order chi connectivity index (χ1) is 7.93. The molecule has 0 aliphatic heterocycles. The molecule has 0 fully saturated rings. The number of aromatic nitrogens is 2. The highest BCUT2D eigenvalue weighted by molar-refractivity contribution is 5.83. The van der Waals surface area contributed by atoms with Gasteiger partial charge in [-0.3, -0.25) is 4.98 Å². The first-order valence-corrected chi connectivity index (χ1v) is 6.16. The summed E-state index contributed by atoms with van der Waals surface area (Å²) in [6.45, 7) is 12.9. The van der Waals surface area contributed by atoms with Crippen molar-refractivity contribution in [3.63, 3.8) is 0 Å². The minimum absolute atomic E-state index is 0.424. The van der Waals surface area contributed by atoms with Crippen molar-refractivity contribution in [1.82, 2.24) is 9.97 Å². The summed E-state index contributed by atoms with van der Waals surface area (Å²) in [6.07, 6.45) is 1.91. The van der Waals surface area contributed by atoms with Gasteiger partial charge in [-0.1, -0.05) is 13.8 Å². The van der Waals surface area contributed by atoms with Gasteiger partial charge in [0.2, 0.25) is 0 Å². The lowest BCUT2D eigenvalue weighted by Crippen LogP contribution is -2.01. The normalized spacial score (nSPS) is 11.5. The fourth-order valence-corrected chi connectivity index (χ4v) is 2.13. The topological polar surface area (TPSA) is 25.8 Å². The van der Waals surface area contributed by atoms with E-state index >= 15 is 0 Å². The first kappa shape index (κ1) is 12.0. The van der Waals surface area contributed by atoms with E-state index in [2.05, 4.69) is 46.5 Å². The Morgan fingerprint density at radius 3 is 1.88 bits per heavy atom. The van der Waals surface area contributed by atoms with Crippen molar-refractivity contribution >= 4 is 11.0 Å². The smallest absolute Gasteiger partial charge is 0.0924 e. The Bertz CT molecular complexity index is 583. The van der Waals surface area contributed by atoms with Crippen LogP contribution < -0.4 is 0 Å². The highest BCUT2D eigenvalue weighted by Gasteiger charge is 2.12. The first-order valence-electron chi connectivity index (χ1n) is 6.16. The summed E-state index contributed by atoms with van der Waals surface area (Å²) in [4.78, 5) is 9.38. The molecule has 0 aliphatic carbocycles. The molecule has 90 valence electrons. The van der Waals surface area contributed by atoms with Crippen LogP contribution in [0.1, 0.15) is 47.7 Å². The highest BCUT2D eigenvalue weighted by atomic mass is 14.8. The van der Waals surface area contributed by atoms with Crippen molar-refractivity contribution in [3.05, 3.63) is 34.1 Å². The van der Waals surface area contributed by atoms with Crippen molar-refractivity contribution < 1.29 is 0 Å². The van der Waals surface area contributed by atoms with Gasteiger partial charge >= 0.3 is 0 Å². The standard InChI is InChI=1S/C15H20N2/c1-8(2)13-7-16-14-11(5)9(3)10(4)12(6)15(14)17-13/h7-8H,1-6H3. The van der Waals surface area contributed by atoms with Crippen LogP contribution in [0.5, 0.6) is 0 Å². The molecule has 0 saturated carbocycles. The molecule has 1 aromatic carbocycles. The molecule has 2 aromatic rings. The number of benzene rings is 1. The van der Waals surface area contributed by atoms with Gasteiger partial charge in [0.25, 0.3) is 0 Å². The maximum absolute atomic E-state index is 4.77. The molecule has 0 spiro atoms. The van der Waals surface area contributed by atoms with E-state index in [9.17, 15) is 0 Å². The van der Waals surface area contributed by atoms with Gasteiger partial charge in [-0.2, -0.15) is 0 Å². The fourth-order valence-electron chi connectivity index (χ4n) is 2.13. The average molecular weight is 228 g/mol. The summed E-state index contributed by atoms with van der Waals surface area (Å²) < 4.78 is 0. The number of nitrogens with zero attached hydrogens (tertiary/aromatic N) is 2. The van der Waals surface area contributed by atoms with Crippen molar-refractivity contribution in [1.29, 1.82) is 0 Å². The SMILES string of the molecule is Cc1c(C)c(C)c2nc(C(C)C)cnc2c1C. The Kier molecular flexibility index (Phi) is 2.90. The molecule has 0 amide bonds. The minimum atomic E-state index is 0.424. The lowest BCUT2D eigenvalue weighted by molar-refractivity contribution is 0.821. The third kappa shape index (κ3) is 1.82. The summed E-state index contributed by atoms with van der Waals surface area (Å²) in [5.41, 5.74) is 8.38. The molecule has 0 aliphatic rings. The van der Waals surface area contributed by atoms with Gasteiger partial charge < -0.3 is 0 Å². The Balaban J connectivity index is 2.87. The number of hydrogen-bond donors (Lipinski definition) is 0. The summed E-state index contributed by atoms with van der Waals surface area (Å²) in [5.74, 6) is 0.424. The van der Waals surface area contributed by atoms with E-state index < -0.39 is 0 Å². The van der Waals surface area contributed by atoms with Crippen molar-refractivity contribution in [2.24, 2.45) is 0 Å². The van der Waals surface area contributed by atoms with Crippen molar-refractivity contribution in [3.8, 4) is 0 Å². The van der Waals surface area contributed by atoms with Gasteiger partial charge in [0.15, 0.2) is 0 Å². The molecule has 0 N–H and O–H groups in total. The third-order valence-electron chi connectivity index (χ3n) is 3.78. The van der Waals surface area contributed by atoms with Crippen LogP contribution in [0, 0.1) is 27.7 Å². The average Bonchev–Trinajstić information content (AvgIpc) is 2.32. The van der Waals surface area contributed by atoms with E-state index in [-0.39, 0.29) is 0 Å². The molecule has 2 heteroatoms. The second-order valence-electron chi connectivity index (χ2n) is 5.15. The lowest BCUT2D eigenvalue weighted by atomic mass is 9.97. The van der Waals surface area contributed by atoms with E-state index in [0.717, 1.165) is 16.7 Å². The van der Waals surface area contributed by atoms with Gasteiger partial charge in [0.05, 0.1) is 16.7 Å². The van der Waals surface area contributed by atoms with Crippen molar-refractivity contribution in [2.75, 3.05) is 0 Å². The molecule has 1 heterocycles. The maximum atomic E-state index is 4.77. The van der Waals surface area contributed by atoms with Gasteiger partial charge in [0, 0.05) is 6.20 Å². The Labute approximate surface area is 103 Å². The second-order valence-corrected chi connectivity index (χ2v) is 5.15. The van der Waals surface area contributed by atoms with E-state index in [1.54, 1.807) is 0 Å². The molecule has 0 radical (unpaired) electrons. The van der Waals surface area contributed by atoms with Crippen LogP contribution in [0.3, 0.4) is 0 Å². The summed E-state index contributed by atoms with van der Waals surface area (Å²) in [6, 6.07) is 0. The fraction of sp³-hybridized carbons (Fsp3) is 0.467. The quantitative estimate of drug-likeness (QED) is 0.737. The van der Waals surface area contributed by atoms with Gasteiger partial charge in [-0.15, -0.1) is 0 Å². The minimum Gasteiger partial charge on any atom is -0.252 e. The van der Waals surface area contributed by atoms with Gasteiger partial charge in [-0.05, 0) is 55.9 Å². The molecule has 17 heavy (non-hydrogen) atoms. The van der Waals surface area contributed by atoms with Crippen LogP contribution in [-0.4, -0.2) is 9.97 Å². The van der Waals surface area contributed by atoms with Crippen LogP contribution >= 0.6 is 0 Å². The summed E-state index contributed by atoms with van der Waals surface area (Å²) >= 11 is 0. The lowest BCUT2D eigenvalue weighted by Gasteiger charge is -2.14. The molecule has 2 nitrogen and oxygen atoms in total. The zero-order chi connectivity index (χ0) is 12.7. The maximum Gasteiger partial charge on any atom is 0.0924 e. The molecular formula is C15H20N2. The van der Waals surface area contributed by atoms with Crippen LogP contribution in [-0.2, 0) is 0 Å².